The van der Waals surface area contributed by atoms with Crippen LogP contribution < -0.4 is 4.74 Å². The van der Waals surface area contributed by atoms with E-state index in [0.717, 1.165) is 17.0 Å². The molecule has 0 radical (unpaired) electrons. The maximum atomic E-state index is 8.66. The van der Waals surface area contributed by atoms with Gasteiger partial charge in [-0.3, -0.25) is 0 Å². The molecule has 0 atom stereocenters. The van der Waals surface area contributed by atoms with Crippen LogP contribution in [-0.4, -0.2) is 12.1 Å². The number of hydrogen-bond donors (Lipinski definition) is 0. The highest BCUT2D eigenvalue weighted by Gasteiger charge is 2.03. The van der Waals surface area contributed by atoms with Crippen molar-refractivity contribution in [3.63, 3.8) is 0 Å². The minimum atomic E-state index is 0.487. The fourth-order valence-electron chi connectivity index (χ4n) is 1.22. The van der Waals surface area contributed by atoms with E-state index < -0.39 is 0 Å². The lowest BCUT2D eigenvalue weighted by atomic mass is 10.2. The van der Waals surface area contributed by atoms with Crippen molar-refractivity contribution in [3.8, 4) is 23.1 Å². The van der Waals surface area contributed by atoms with E-state index in [-0.39, 0.29) is 0 Å². The highest BCUT2D eigenvalue weighted by molar-refractivity contribution is 7.10. The van der Waals surface area contributed by atoms with E-state index in [1.165, 1.54) is 11.3 Å². The predicted octanol–water partition coefficient (Wildman–Crippen LogP) is 2.69. The molecule has 2 aromatic rings. The predicted molar refractivity (Wildman–Crippen MR) is 58.8 cm³/mol. The zero-order valence-corrected chi connectivity index (χ0v) is 8.91. The fraction of sp³-hybridized carbons (Fsp3) is 0.0909. The highest BCUT2D eigenvalue weighted by Crippen LogP contribution is 2.23. The summed E-state index contributed by atoms with van der Waals surface area (Å²) in [6, 6.07) is 9.63. The molecule has 0 amide bonds. The molecule has 0 aliphatic heterocycles. The SMILES string of the molecule is COc1ccc(-c2csc(C#N)n2)cc1. The van der Waals surface area contributed by atoms with Gasteiger partial charge in [0.1, 0.15) is 11.8 Å². The van der Waals surface area contributed by atoms with Crippen molar-refractivity contribution < 1.29 is 4.74 Å². The Morgan fingerprint density at radius 2 is 2.07 bits per heavy atom. The quantitative estimate of drug-likeness (QED) is 0.775. The zero-order chi connectivity index (χ0) is 10.7. The first kappa shape index (κ1) is 9.69. The van der Waals surface area contributed by atoms with Crippen molar-refractivity contribution in [2.75, 3.05) is 7.11 Å². The average molecular weight is 216 g/mol. The van der Waals surface area contributed by atoms with Crippen LogP contribution in [-0.2, 0) is 0 Å². The van der Waals surface area contributed by atoms with Crippen LogP contribution in [0, 0.1) is 11.3 Å². The number of nitrogens with zero attached hydrogens (tertiary/aromatic N) is 2. The van der Waals surface area contributed by atoms with Crippen LogP contribution in [0.3, 0.4) is 0 Å². The van der Waals surface area contributed by atoms with Gasteiger partial charge in [0.15, 0.2) is 5.01 Å². The Morgan fingerprint density at radius 3 is 2.60 bits per heavy atom. The number of hydrogen-bond acceptors (Lipinski definition) is 4. The maximum absolute atomic E-state index is 8.66. The van der Waals surface area contributed by atoms with Gasteiger partial charge in [-0.05, 0) is 24.3 Å². The minimum absolute atomic E-state index is 0.487. The maximum Gasteiger partial charge on any atom is 0.194 e. The van der Waals surface area contributed by atoms with Crippen molar-refractivity contribution in [1.29, 1.82) is 5.26 Å². The third-order valence-corrected chi connectivity index (χ3v) is 2.73. The first-order valence-corrected chi connectivity index (χ1v) is 5.21. The molecule has 15 heavy (non-hydrogen) atoms. The first-order chi connectivity index (χ1) is 7.33. The Hall–Kier alpha value is -1.86. The molecule has 0 saturated carbocycles. The van der Waals surface area contributed by atoms with E-state index >= 15 is 0 Å². The lowest BCUT2D eigenvalue weighted by Gasteiger charge is -1.99. The third kappa shape index (κ3) is 1.97. The van der Waals surface area contributed by atoms with Gasteiger partial charge in [0.25, 0.3) is 0 Å². The van der Waals surface area contributed by atoms with Gasteiger partial charge < -0.3 is 4.74 Å². The molecule has 1 aromatic carbocycles. The van der Waals surface area contributed by atoms with Crippen LogP contribution in [0.25, 0.3) is 11.3 Å². The fourth-order valence-corrected chi connectivity index (χ4v) is 1.84. The summed E-state index contributed by atoms with van der Waals surface area (Å²) in [6.07, 6.45) is 0. The lowest BCUT2D eigenvalue weighted by Crippen LogP contribution is -1.82. The van der Waals surface area contributed by atoms with E-state index in [4.69, 9.17) is 10.00 Å². The topological polar surface area (TPSA) is 45.9 Å². The van der Waals surface area contributed by atoms with Gasteiger partial charge >= 0.3 is 0 Å². The van der Waals surface area contributed by atoms with Crippen LogP contribution in [0.4, 0.5) is 0 Å². The molecule has 0 spiro atoms. The lowest BCUT2D eigenvalue weighted by molar-refractivity contribution is 0.415. The number of rotatable bonds is 2. The third-order valence-electron chi connectivity index (χ3n) is 1.99. The van der Waals surface area contributed by atoms with Gasteiger partial charge in [0.2, 0.25) is 0 Å². The molecule has 4 heteroatoms. The summed E-state index contributed by atoms with van der Waals surface area (Å²) in [4.78, 5) is 4.17. The largest absolute Gasteiger partial charge is 0.497 e. The second kappa shape index (κ2) is 4.11. The van der Waals surface area contributed by atoms with Gasteiger partial charge in [0.05, 0.1) is 12.8 Å². The number of methoxy groups -OCH3 is 1. The van der Waals surface area contributed by atoms with Crippen LogP contribution >= 0.6 is 11.3 Å². The van der Waals surface area contributed by atoms with Crippen molar-refractivity contribution in [2.45, 2.75) is 0 Å². The summed E-state index contributed by atoms with van der Waals surface area (Å²) in [7, 11) is 1.63. The molecule has 3 nitrogen and oxygen atoms in total. The Balaban J connectivity index is 2.33. The van der Waals surface area contributed by atoms with Crippen molar-refractivity contribution in [3.05, 3.63) is 34.7 Å². The Morgan fingerprint density at radius 1 is 1.33 bits per heavy atom. The number of thiazole rings is 1. The van der Waals surface area contributed by atoms with Crippen LogP contribution in [0.2, 0.25) is 0 Å². The molecule has 1 aromatic heterocycles. The smallest absolute Gasteiger partial charge is 0.194 e. The van der Waals surface area contributed by atoms with E-state index in [0.29, 0.717) is 5.01 Å². The number of nitriles is 1. The summed E-state index contributed by atoms with van der Waals surface area (Å²) in [5, 5.41) is 11.0. The second-order valence-corrected chi connectivity index (χ2v) is 3.74. The zero-order valence-electron chi connectivity index (χ0n) is 8.10. The van der Waals surface area contributed by atoms with Crippen LogP contribution in [0.1, 0.15) is 5.01 Å². The van der Waals surface area contributed by atoms with E-state index in [2.05, 4.69) is 4.98 Å². The molecule has 0 aliphatic rings. The van der Waals surface area contributed by atoms with Gasteiger partial charge in [-0.1, -0.05) is 0 Å². The van der Waals surface area contributed by atoms with E-state index in [9.17, 15) is 0 Å². The van der Waals surface area contributed by atoms with Crippen LogP contribution in [0.5, 0.6) is 5.75 Å². The summed E-state index contributed by atoms with van der Waals surface area (Å²) in [5.74, 6) is 0.814. The summed E-state index contributed by atoms with van der Waals surface area (Å²) in [5.41, 5.74) is 1.83. The molecule has 0 unspecified atom stereocenters. The van der Waals surface area contributed by atoms with Crippen molar-refractivity contribution >= 4 is 11.3 Å². The van der Waals surface area contributed by atoms with Gasteiger partial charge in [-0.25, -0.2) is 4.98 Å². The minimum Gasteiger partial charge on any atom is -0.497 e. The molecule has 0 bridgehead atoms. The van der Waals surface area contributed by atoms with Gasteiger partial charge in [0, 0.05) is 10.9 Å². The molecular weight excluding hydrogens is 208 g/mol. The molecule has 0 saturated heterocycles. The van der Waals surface area contributed by atoms with E-state index in [1.807, 2.05) is 35.7 Å². The molecule has 0 fully saturated rings. The second-order valence-electron chi connectivity index (χ2n) is 2.88. The highest BCUT2D eigenvalue weighted by atomic mass is 32.1. The summed E-state index contributed by atoms with van der Waals surface area (Å²) < 4.78 is 5.06. The normalized spacial score (nSPS) is 9.60. The number of benzene rings is 1. The average Bonchev–Trinajstić information content (AvgIpc) is 2.78. The Kier molecular flexibility index (Phi) is 2.66. The Labute approximate surface area is 91.6 Å². The Bertz CT molecular complexity index is 496. The molecular formula is C11H8N2OS. The first-order valence-electron chi connectivity index (χ1n) is 4.33. The van der Waals surface area contributed by atoms with Crippen molar-refractivity contribution in [2.24, 2.45) is 0 Å². The van der Waals surface area contributed by atoms with Crippen molar-refractivity contribution in [1.82, 2.24) is 4.98 Å². The van der Waals surface area contributed by atoms with Gasteiger partial charge in [-0.15, -0.1) is 11.3 Å². The number of aromatic nitrogens is 1. The van der Waals surface area contributed by atoms with Gasteiger partial charge in [-0.2, -0.15) is 5.26 Å². The number of ether oxygens (including phenoxy) is 1. The molecule has 0 N–H and O–H groups in total. The molecule has 1 heterocycles. The molecule has 2 rings (SSSR count). The molecule has 0 aliphatic carbocycles. The molecule has 74 valence electrons. The standard InChI is InChI=1S/C11H8N2OS/c1-14-9-4-2-8(3-5-9)10-7-15-11(6-12)13-10/h2-5,7H,1H3. The van der Waals surface area contributed by atoms with E-state index in [1.54, 1.807) is 7.11 Å². The summed E-state index contributed by atoms with van der Waals surface area (Å²) in [6.45, 7) is 0. The van der Waals surface area contributed by atoms with Crippen LogP contribution in [0.15, 0.2) is 29.6 Å². The monoisotopic (exact) mass is 216 g/mol. The summed E-state index contributed by atoms with van der Waals surface area (Å²) >= 11 is 1.35.